The largest absolute Gasteiger partial charge is 0.481 e. The quantitative estimate of drug-likeness (QED) is 0.842. The Morgan fingerprint density at radius 2 is 1.68 bits per heavy atom. The molecule has 0 heterocycles. The van der Waals surface area contributed by atoms with E-state index in [1.807, 2.05) is 24.3 Å². The van der Waals surface area contributed by atoms with Gasteiger partial charge in [-0.3, -0.25) is 9.59 Å². The fourth-order valence-corrected chi connectivity index (χ4v) is 3.42. The Kier molecular flexibility index (Phi) is 4.27. The first-order valence-electron chi connectivity index (χ1n) is 7.95. The predicted octanol–water partition coefficient (Wildman–Crippen LogP) is 3.17. The number of carboxylic acids is 1. The molecule has 2 atom stereocenters. The molecule has 1 aromatic carbocycles. The molecule has 2 N–H and O–H groups in total. The second-order valence-corrected chi connectivity index (χ2v) is 6.17. The molecular formula is C18H21NO3. The lowest BCUT2D eigenvalue weighted by Crippen LogP contribution is -2.34. The standard InChI is InChI=1S/C18H21NO3/c20-17(15-7-3-4-8-16(15)18(21)22)19-14-10-9-12-5-1-2-6-13(12)11-14/h3-4,9-11,15-16H,1-2,5-8H2,(H,19,20)(H,21,22)/t15-,16+/m1/s1. The number of nitrogens with one attached hydrogen (secondary N) is 1. The van der Waals surface area contributed by atoms with Crippen LogP contribution in [0.15, 0.2) is 30.4 Å². The first-order valence-corrected chi connectivity index (χ1v) is 7.95. The number of hydrogen-bond acceptors (Lipinski definition) is 2. The normalized spacial score (nSPS) is 23.6. The van der Waals surface area contributed by atoms with Gasteiger partial charge in [-0.25, -0.2) is 0 Å². The zero-order chi connectivity index (χ0) is 15.5. The fourth-order valence-electron chi connectivity index (χ4n) is 3.42. The molecule has 0 saturated heterocycles. The first-order chi connectivity index (χ1) is 10.6. The van der Waals surface area contributed by atoms with E-state index in [4.69, 9.17) is 0 Å². The van der Waals surface area contributed by atoms with Gasteiger partial charge >= 0.3 is 5.97 Å². The van der Waals surface area contributed by atoms with Crippen molar-refractivity contribution in [2.75, 3.05) is 5.32 Å². The molecule has 116 valence electrons. The zero-order valence-electron chi connectivity index (χ0n) is 12.5. The number of rotatable bonds is 3. The fraction of sp³-hybridized carbons (Fsp3) is 0.444. The summed E-state index contributed by atoms with van der Waals surface area (Å²) >= 11 is 0. The van der Waals surface area contributed by atoms with Crippen molar-refractivity contribution in [3.8, 4) is 0 Å². The van der Waals surface area contributed by atoms with E-state index in [2.05, 4.69) is 11.4 Å². The summed E-state index contributed by atoms with van der Waals surface area (Å²) in [7, 11) is 0. The van der Waals surface area contributed by atoms with Gasteiger partial charge in [0.1, 0.15) is 0 Å². The van der Waals surface area contributed by atoms with Gasteiger partial charge in [0.25, 0.3) is 0 Å². The highest BCUT2D eigenvalue weighted by atomic mass is 16.4. The third kappa shape index (κ3) is 3.06. The minimum absolute atomic E-state index is 0.187. The summed E-state index contributed by atoms with van der Waals surface area (Å²) in [6.07, 6.45) is 9.26. The number of carbonyl (C=O) groups excluding carboxylic acids is 1. The van der Waals surface area contributed by atoms with Crippen molar-refractivity contribution in [2.24, 2.45) is 11.8 Å². The average Bonchev–Trinajstić information content (AvgIpc) is 2.54. The minimum atomic E-state index is -0.894. The lowest BCUT2D eigenvalue weighted by atomic mass is 9.82. The molecule has 3 rings (SSSR count). The molecule has 0 aromatic heterocycles. The minimum Gasteiger partial charge on any atom is -0.481 e. The molecule has 0 bridgehead atoms. The van der Waals surface area contributed by atoms with Crippen LogP contribution in [-0.2, 0) is 22.4 Å². The Bertz CT molecular complexity index is 621. The van der Waals surface area contributed by atoms with Crippen LogP contribution in [-0.4, -0.2) is 17.0 Å². The van der Waals surface area contributed by atoms with Crippen molar-refractivity contribution in [1.29, 1.82) is 0 Å². The van der Waals surface area contributed by atoms with Gasteiger partial charge in [0, 0.05) is 5.69 Å². The molecule has 1 amide bonds. The molecule has 0 spiro atoms. The topological polar surface area (TPSA) is 66.4 Å². The van der Waals surface area contributed by atoms with Crippen LogP contribution < -0.4 is 5.32 Å². The number of benzene rings is 1. The molecule has 0 radical (unpaired) electrons. The van der Waals surface area contributed by atoms with Crippen LogP contribution in [0.2, 0.25) is 0 Å². The first kappa shape index (κ1) is 14.8. The van der Waals surface area contributed by atoms with Gasteiger partial charge in [0.15, 0.2) is 0 Å². The van der Waals surface area contributed by atoms with E-state index in [-0.39, 0.29) is 5.91 Å². The molecule has 0 aliphatic heterocycles. The monoisotopic (exact) mass is 299 g/mol. The van der Waals surface area contributed by atoms with E-state index in [0.717, 1.165) is 18.5 Å². The highest BCUT2D eigenvalue weighted by Crippen LogP contribution is 2.28. The molecule has 1 aromatic rings. The van der Waals surface area contributed by atoms with Gasteiger partial charge in [0.2, 0.25) is 5.91 Å². The maximum Gasteiger partial charge on any atom is 0.307 e. The van der Waals surface area contributed by atoms with Crippen LogP contribution in [0, 0.1) is 11.8 Å². The van der Waals surface area contributed by atoms with Gasteiger partial charge < -0.3 is 10.4 Å². The number of hydrogen-bond donors (Lipinski definition) is 2. The summed E-state index contributed by atoms with van der Waals surface area (Å²) in [6, 6.07) is 6.05. The average molecular weight is 299 g/mol. The van der Waals surface area contributed by atoms with E-state index in [1.165, 1.54) is 24.0 Å². The van der Waals surface area contributed by atoms with E-state index in [0.29, 0.717) is 12.8 Å². The van der Waals surface area contributed by atoms with Crippen molar-refractivity contribution in [3.05, 3.63) is 41.5 Å². The van der Waals surface area contributed by atoms with E-state index in [1.54, 1.807) is 0 Å². The maximum atomic E-state index is 12.4. The molecule has 0 unspecified atom stereocenters. The van der Waals surface area contributed by atoms with Gasteiger partial charge in [-0.15, -0.1) is 0 Å². The van der Waals surface area contributed by atoms with Gasteiger partial charge in [-0.1, -0.05) is 18.2 Å². The molecule has 0 fully saturated rings. The number of amides is 1. The summed E-state index contributed by atoms with van der Waals surface area (Å²) in [6.45, 7) is 0. The van der Waals surface area contributed by atoms with Gasteiger partial charge in [-0.2, -0.15) is 0 Å². The van der Waals surface area contributed by atoms with Crippen LogP contribution in [0.4, 0.5) is 5.69 Å². The number of allylic oxidation sites excluding steroid dienone is 2. The molecule has 2 aliphatic carbocycles. The van der Waals surface area contributed by atoms with Crippen molar-refractivity contribution < 1.29 is 14.7 Å². The second-order valence-electron chi connectivity index (χ2n) is 6.17. The highest BCUT2D eigenvalue weighted by molar-refractivity contribution is 5.95. The van der Waals surface area contributed by atoms with Crippen molar-refractivity contribution in [2.45, 2.75) is 38.5 Å². The van der Waals surface area contributed by atoms with Gasteiger partial charge in [-0.05, 0) is 61.8 Å². The zero-order valence-corrected chi connectivity index (χ0v) is 12.5. The maximum absolute atomic E-state index is 12.4. The summed E-state index contributed by atoms with van der Waals surface area (Å²) in [5, 5.41) is 12.2. The molecular weight excluding hydrogens is 278 g/mol. The Morgan fingerprint density at radius 3 is 2.41 bits per heavy atom. The molecule has 2 aliphatic rings. The van der Waals surface area contributed by atoms with Crippen molar-refractivity contribution >= 4 is 17.6 Å². The van der Waals surface area contributed by atoms with E-state index < -0.39 is 17.8 Å². The Hall–Kier alpha value is -2.10. The molecule has 22 heavy (non-hydrogen) atoms. The number of fused-ring (bicyclic) bond motifs is 1. The van der Waals surface area contributed by atoms with Crippen LogP contribution in [0.1, 0.15) is 36.8 Å². The third-order valence-electron chi connectivity index (χ3n) is 4.70. The number of carboxylic acid groups (broad SMARTS) is 1. The van der Waals surface area contributed by atoms with Crippen LogP contribution in [0.25, 0.3) is 0 Å². The molecule has 4 nitrogen and oxygen atoms in total. The Morgan fingerprint density at radius 1 is 1.00 bits per heavy atom. The van der Waals surface area contributed by atoms with Crippen LogP contribution >= 0.6 is 0 Å². The molecule has 0 saturated carbocycles. The predicted molar refractivity (Wildman–Crippen MR) is 84.7 cm³/mol. The van der Waals surface area contributed by atoms with Crippen molar-refractivity contribution in [3.63, 3.8) is 0 Å². The highest BCUT2D eigenvalue weighted by Gasteiger charge is 2.33. The number of aliphatic carboxylic acids is 1. The Balaban J connectivity index is 1.73. The summed E-state index contributed by atoms with van der Waals surface area (Å²) < 4.78 is 0. The summed E-state index contributed by atoms with van der Waals surface area (Å²) in [5.74, 6) is -2.19. The van der Waals surface area contributed by atoms with Crippen LogP contribution in [0.3, 0.4) is 0 Å². The SMILES string of the molecule is O=C(O)[C@H]1CC=CC[C@H]1C(=O)Nc1ccc2c(c1)CCCC2. The van der Waals surface area contributed by atoms with E-state index in [9.17, 15) is 14.7 Å². The van der Waals surface area contributed by atoms with Crippen LogP contribution in [0.5, 0.6) is 0 Å². The lowest BCUT2D eigenvalue weighted by molar-refractivity contribution is -0.146. The Labute approximate surface area is 130 Å². The smallest absolute Gasteiger partial charge is 0.307 e. The lowest BCUT2D eigenvalue weighted by Gasteiger charge is -2.24. The second kappa shape index (κ2) is 6.34. The number of aryl methyl sites for hydroxylation is 2. The number of anilines is 1. The van der Waals surface area contributed by atoms with Gasteiger partial charge in [0.05, 0.1) is 11.8 Å². The third-order valence-corrected chi connectivity index (χ3v) is 4.70. The summed E-state index contributed by atoms with van der Waals surface area (Å²) in [4.78, 5) is 23.7. The summed E-state index contributed by atoms with van der Waals surface area (Å²) in [5.41, 5.74) is 3.46. The number of carbonyl (C=O) groups is 2. The molecule has 4 heteroatoms. The van der Waals surface area contributed by atoms with E-state index >= 15 is 0 Å². The van der Waals surface area contributed by atoms with Crippen molar-refractivity contribution in [1.82, 2.24) is 0 Å².